The van der Waals surface area contributed by atoms with Gasteiger partial charge >= 0.3 is 0 Å². The third-order valence-electron chi connectivity index (χ3n) is 3.95. The lowest BCUT2D eigenvalue weighted by Crippen LogP contribution is -2.22. The third kappa shape index (κ3) is 1.96. The van der Waals surface area contributed by atoms with E-state index in [1.165, 1.54) is 29.2 Å². The van der Waals surface area contributed by atoms with E-state index in [0.717, 1.165) is 12.8 Å². The van der Waals surface area contributed by atoms with Gasteiger partial charge in [-0.1, -0.05) is 55.3 Å². The number of benzene rings is 2. The highest BCUT2D eigenvalue weighted by Gasteiger charge is 2.25. The molecule has 17 heavy (non-hydrogen) atoms. The maximum absolute atomic E-state index is 10.2. The minimum Gasteiger partial charge on any atom is -0.392 e. The molecule has 2 atom stereocenters. The fourth-order valence-corrected chi connectivity index (χ4v) is 3.05. The van der Waals surface area contributed by atoms with E-state index in [4.69, 9.17) is 0 Å². The van der Waals surface area contributed by atoms with Crippen molar-refractivity contribution in [2.75, 3.05) is 0 Å². The van der Waals surface area contributed by atoms with Crippen LogP contribution in [0.2, 0.25) is 0 Å². The SMILES string of the molecule is O[C@@H]1CCCC[C@@H]1c1cccc2ccccc12. The minimum atomic E-state index is -0.158. The van der Waals surface area contributed by atoms with Gasteiger partial charge < -0.3 is 5.11 Å². The second-order valence-corrected chi connectivity index (χ2v) is 5.03. The second kappa shape index (κ2) is 4.50. The highest BCUT2D eigenvalue weighted by atomic mass is 16.3. The molecular formula is C16H18O. The molecule has 0 unspecified atom stereocenters. The molecule has 0 aliphatic heterocycles. The lowest BCUT2D eigenvalue weighted by molar-refractivity contribution is 0.107. The van der Waals surface area contributed by atoms with Crippen LogP contribution in [0, 0.1) is 0 Å². The van der Waals surface area contributed by atoms with E-state index >= 15 is 0 Å². The Labute approximate surface area is 102 Å². The van der Waals surface area contributed by atoms with Crippen molar-refractivity contribution in [1.29, 1.82) is 0 Å². The van der Waals surface area contributed by atoms with Gasteiger partial charge in [0.2, 0.25) is 0 Å². The number of hydrogen-bond acceptors (Lipinski definition) is 1. The Kier molecular flexibility index (Phi) is 2.86. The summed E-state index contributed by atoms with van der Waals surface area (Å²) < 4.78 is 0. The first kappa shape index (κ1) is 10.8. The predicted octanol–water partition coefficient (Wildman–Crippen LogP) is 3.86. The average molecular weight is 226 g/mol. The summed E-state index contributed by atoms with van der Waals surface area (Å²) in [6.07, 6.45) is 4.32. The molecule has 3 rings (SSSR count). The topological polar surface area (TPSA) is 20.2 Å². The molecule has 0 amide bonds. The van der Waals surface area contributed by atoms with Crippen LogP contribution < -0.4 is 0 Å². The maximum atomic E-state index is 10.2. The van der Waals surface area contributed by atoms with Gasteiger partial charge in [0.05, 0.1) is 6.10 Å². The van der Waals surface area contributed by atoms with Gasteiger partial charge in [0.15, 0.2) is 0 Å². The molecule has 88 valence electrons. The van der Waals surface area contributed by atoms with Gasteiger partial charge in [-0.2, -0.15) is 0 Å². The molecule has 1 N–H and O–H groups in total. The third-order valence-corrected chi connectivity index (χ3v) is 3.95. The zero-order valence-corrected chi connectivity index (χ0v) is 9.97. The fourth-order valence-electron chi connectivity index (χ4n) is 3.05. The Balaban J connectivity index is 2.10. The molecule has 1 saturated carbocycles. The summed E-state index contributed by atoms with van der Waals surface area (Å²) >= 11 is 0. The Morgan fingerprint density at radius 3 is 2.53 bits per heavy atom. The van der Waals surface area contributed by atoms with Crippen LogP contribution in [0.1, 0.15) is 37.2 Å². The fraction of sp³-hybridized carbons (Fsp3) is 0.375. The van der Waals surface area contributed by atoms with Crippen molar-refractivity contribution in [1.82, 2.24) is 0 Å². The van der Waals surface area contributed by atoms with Crippen molar-refractivity contribution in [2.45, 2.75) is 37.7 Å². The first-order chi connectivity index (χ1) is 8.36. The minimum absolute atomic E-state index is 0.158. The van der Waals surface area contributed by atoms with Crippen molar-refractivity contribution in [3.63, 3.8) is 0 Å². The van der Waals surface area contributed by atoms with E-state index in [-0.39, 0.29) is 6.10 Å². The zero-order valence-electron chi connectivity index (χ0n) is 9.97. The second-order valence-electron chi connectivity index (χ2n) is 5.03. The van der Waals surface area contributed by atoms with Crippen LogP contribution in [-0.4, -0.2) is 11.2 Å². The number of hydrogen-bond donors (Lipinski definition) is 1. The first-order valence-corrected chi connectivity index (χ1v) is 6.52. The molecule has 2 aromatic carbocycles. The molecular weight excluding hydrogens is 208 g/mol. The van der Waals surface area contributed by atoms with E-state index in [1.54, 1.807) is 0 Å². The van der Waals surface area contributed by atoms with Gasteiger partial charge in [0.25, 0.3) is 0 Å². The number of aliphatic hydroxyl groups excluding tert-OH is 1. The molecule has 0 heterocycles. The van der Waals surface area contributed by atoms with Crippen molar-refractivity contribution >= 4 is 10.8 Å². The van der Waals surface area contributed by atoms with Crippen molar-refractivity contribution in [2.24, 2.45) is 0 Å². The van der Waals surface area contributed by atoms with Crippen LogP contribution in [-0.2, 0) is 0 Å². The molecule has 1 aliphatic carbocycles. The Hall–Kier alpha value is -1.34. The van der Waals surface area contributed by atoms with Crippen molar-refractivity contribution < 1.29 is 5.11 Å². The van der Waals surface area contributed by atoms with Gasteiger partial charge in [-0.15, -0.1) is 0 Å². The summed E-state index contributed by atoms with van der Waals surface area (Å²) in [6, 6.07) is 14.9. The van der Waals surface area contributed by atoms with Gasteiger partial charge in [0.1, 0.15) is 0 Å². The molecule has 0 aromatic heterocycles. The number of rotatable bonds is 1. The van der Waals surface area contributed by atoms with Gasteiger partial charge in [0, 0.05) is 5.92 Å². The quantitative estimate of drug-likeness (QED) is 0.783. The molecule has 1 nitrogen and oxygen atoms in total. The average Bonchev–Trinajstić information content (AvgIpc) is 2.39. The van der Waals surface area contributed by atoms with Crippen LogP contribution in [0.15, 0.2) is 42.5 Å². The molecule has 0 saturated heterocycles. The highest BCUT2D eigenvalue weighted by molar-refractivity contribution is 5.86. The molecule has 0 spiro atoms. The molecule has 2 aromatic rings. The van der Waals surface area contributed by atoms with Gasteiger partial charge in [-0.05, 0) is 29.2 Å². The van der Waals surface area contributed by atoms with Crippen LogP contribution >= 0.6 is 0 Å². The summed E-state index contributed by atoms with van der Waals surface area (Å²) in [5.74, 6) is 0.329. The van der Waals surface area contributed by atoms with Crippen molar-refractivity contribution in [3.05, 3.63) is 48.0 Å². The van der Waals surface area contributed by atoms with Crippen LogP contribution in [0.3, 0.4) is 0 Å². The Morgan fingerprint density at radius 2 is 1.65 bits per heavy atom. The van der Waals surface area contributed by atoms with E-state index in [1.807, 2.05) is 0 Å². The van der Waals surface area contributed by atoms with Crippen molar-refractivity contribution in [3.8, 4) is 0 Å². The summed E-state index contributed by atoms with van der Waals surface area (Å²) in [6.45, 7) is 0. The maximum Gasteiger partial charge on any atom is 0.0608 e. The normalized spacial score (nSPS) is 25.0. The number of aliphatic hydroxyl groups is 1. The smallest absolute Gasteiger partial charge is 0.0608 e. The summed E-state index contributed by atoms with van der Waals surface area (Å²) in [4.78, 5) is 0. The van der Waals surface area contributed by atoms with E-state index in [2.05, 4.69) is 42.5 Å². The van der Waals surface area contributed by atoms with E-state index in [9.17, 15) is 5.11 Å². The largest absolute Gasteiger partial charge is 0.392 e. The lowest BCUT2D eigenvalue weighted by atomic mass is 9.80. The lowest BCUT2D eigenvalue weighted by Gasteiger charge is -2.28. The highest BCUT2D eigenvalue weighted by Crippen LogP contribution is 2.36. The molecule has 1 heteroatoms. The zero-order chi connectivity index (χ0) is 11.7. The van der Waals surface area contributed by atoms with Gasteiger partial charge in [-0.25, -0.2) is 0 Å². The van der Waals surface area contributed by atoms with Crippen LogP contribution in [0.25, 0.3) is 10.8 Å². The first-order valence-electron chi connectivity index (χ1n) is 6.52. The molecule has 0 radical (unpaired) electrons. The van der Waals surface area contributed by atoms with Gasteiger partial charge in [-0.3, -0.25) is 0 Å². The Bertz CT molecular complexity index is 512. The van der Waals surface area contributed by atoms with Crippen LogP contribution in [0.4, 0.5) is 0 Å². The molecule has 1 aliphatic rings. The monoisotopic (exact) mass is 226 g/mol. The standard InChI is InChI=1S/C16H18O/c17-16-11-4-3-9-15(16)14-10-5-7-12-6-1-2-8-13(12)14/h1-2,5-8,10,15-17H,3-4,9,11H2/t15-,16-/m1/s1. The Morgan fingerprint density at radius 1 is 0.882 bits per heavy atom. The van der Waals surface area contributed by atoms with E-state index < -0.39 is 0 Å². The van der Waals surface area contributed by atoms with Crippen LogP contribution in [0.5, 0.6) is 0 Å². The summed E-state index contributed by atoms with van der Waals surface area (Å²) in [7, 11) is 0. The predicted molar refractivity (Wildman–Crippen MR) is 71.2 cm³/mol. The molecule has 0 bridgehead atoms. The molecule has 1 fully saturated rings. The summed E-state index contributed by atoms with van der Waals surface area (Å²) in [5, 5.41) is 12.8. The summed E-state index contributed by atoms with van der Waals surface area (Å²) in [5.41, 5.74) is 1.33. The number of fused-ring (bicyclic) bond motifs is 1. The van der Waals surface area contributed by atoms with E-state index in [0.29, 0.717) is 5.92 Å².